The van der Waals surface area contributed by atoms with Crippen LogP contribution in [0.3, 0.4) is 0 Å². The topological polar surface area (TPSA) is 54.4 Å². The van der Waals surface area contributed by atoms with Gasteiger partial charge in [0.25, 0.3) is 0 Å². The SMILES string of the molecule is COc1ccc(C(O)CN[C@H](C)c2cccnc2)cc1. The summed E-state index contributed by atoms with van der Waals surface area (Å²) < 4.78 is 5.10. The summed E-state index contributed by atoms with van der Waals surface area (Å²) in [6.45, 7) is 2.54. The zero-order valence-corrected chi connectivity index (χ0v) is 11.8. The Morgan fingerprint density at radius 3 is 2.55 bits per heavy atom. The summed E-state index contributed by atoms with van der Waals surface area (Å²) >= 11 is 0. The molecule has 4 heteroatoms. The van der Waals surface area contributed by atoms with E-state index in [-0.39, 0.29) is 6.04 Å². The highest BCUT2D eigenvalue weighted by atomic mass is 16.5. The zero-order valence-electron chi connectivity index (χ0n) is 11.8. The number of hydrogen-bond acceptors (Lipinski definition) is 4. The first-order chi connectivity index (χ1) is 9.70. The van der Waals surface area contributed by atoms with Crippen molar-refractivity contribution in [3.05, 3.63) is 59.9 Å². The van der Waals surface area contributed by atoms with Crippen molar-refractivity contribution in [2.45, 2.75) is 19.1 Å². The quantitative estimate of drug-likeness (QED) is 0.848. The van der Waals surface area contributed by atoms with E-state index in [0.29, 0.717) is 6.54 Å². The largest absolute Gasteiger partial charge is 0.497 e. The Bertz CT molecular complexity index is 514. The molecule has 1 unspecified atom stereocenters. The Kier molecular flexibility index (Phi) is 5.09. The molecule has 0 spiro atoms. The van der Waals surface area contributed by atoms with Gasteiger partial charge in [-0.2, -0.15) is 0 Å². The fourth-order valence-corrected chi connectivity index (χ4v) is 1.98. The molecule has 106 valence electrons. The normalized spacial score (nSPS) is 13.8. The highest BCUT2D eigenvalue weighted by molar-refractivity contribution is 5.28. The molecule has 0 radical (unpaired) electrons. The van der Waals surface area contributed by atoms with Crippen molar-refractivity contribution in [3.8, 4) is 5.75 Å². The highest BCUT2D eigenvalue weighted by Gasteiger charge is 2.10. The molecular weight excluding hydrogens is 252 g/mol. The molecule has 1 heterocycles. The van der Waals surface area contributed by atoms with Crippen LogP contribution in [0, 0.1) is 0 Å². The van der Waals surface area contributed by atoms with E-state index in [0.717, 1.165) is 16.9 Å². The molecule has 0 bridgehead atoms. The summed E-state index contributed by atoms with van der Waals surface area (Å²) in [4.78, 5) is 4.09. The molecule has 0 saturated carbocycles. The maximum atomic E-state index is 10.2. The van der Waals surface area contributed by atoms with Crippen molar-refractivity contribution in [2.24, 2.45) is 0 Å². The first-order valence-electron chi connectivity index (χ1n) is 6.66. The third kappa shape index (κ3) is 3.79. The van der Waals surface area contributed by atoms with Crippen LogP contribution in [-0.2, 0) is 0 Å². The van der Waals surface area contributed by atoms with Crippen LogP contribution in [0.1, 0.15) is 30.2 Å². The second-order valence-electron chi connectivity index (χ2n) is 4.71. The minimum Gasteiger partial charge on any atom is -0.497 e. The maximum absolute atomic E-state index is 10.2. The van der Waals surface area contributed by atoms with Gasteiger partial charge in [-0.3, -0.25) is 4.98 Å². The van der Waals surface area contributed by atoms with E-state index in [1.54, 1.807) is 13.3 Å². The molecule has 4 nitrogen and oxygen atoms in total. The van der Waals surface area contributed by atoms with Crippen LogP contribution < -0.4 is 10.1 Å². The molecule has 1 aromatic carbocycles. The lowest BCUT2D eigenvalue weighted by atomic mass is 10.1. The Hall–Kier alpha value is -1.91. The number of methoxy groups -OCH3 is 1. The van der Waals surface area contributed by atoms with E-state index in [1.165, 1.54) is 0 Å². The minimum absolute atomic E-state index is 0.150. The summed E-state index contributed by atoms with van der Waals surface area (Å²) in [5.41, 5.74) is 1.98. The fraction of sp³-hybridized carbons (Fsp3) is 0.312. The highest BCUT2D eigenvalue weighted by Crippen LogP contribution is 2.18. The van der Waals surface area contributed by atoms with Crippen LogP contribution in [0.5, 0.6) is 5.75 Å². The second kappa shape index (κ2) is 7.03. The second-order valence-corrected chi connectivity index (χ2v) is 4.71. The van der Waals surface area contributed by atoms with Crippen LogP contribution in [0.25, 0.3) is 0 Å². The molecule has 2 N–H and O–H groups in total. The van der Waals surface area contributed by atoms with Crippen LogP contribution >= 0.6 is 0 Å². The van der Waals surface area contributed by atoms with Gasteiger partial charge in [-0.15, -0.1) is 0 Å². The first kappa shape index (κ1) is 14.5. The van der Waals surface area contributed by atoms with Gasteiger partial charge in [0, 0.05) is 25.0 Å². The van der Waals surface area contributed by atoms with E-state index in [4.69, 9.17) is 4.74 Å². The summed E-state index contributed by atoms with van der Waals surface area (Å²) in [6, 6.07) is 11.5. The molecule has 0 aliphatic heterocycles. The van der Waals surface area contributed by atoms with Crippen molar-refractivity contribution >= 4 is 0 Å². The van der Waals surface area contributed by atoms with Gasteiger partial charge in [0.15, 0.2) is 0 Å². The average molecular weight is 272 g/mol. The zero-order chi connectivity index (χ0) is 14.4. The fourth-order valence-electron chi connectivity index (χ4n) is 1.98. The average Bonchev–Trinajstić information content (AvgIpc) is 2.53. The maximum Gasteiger partial charge on any atom is 0.118 e. The van der Waals surface area contributed by atoms with E-state index < -0.39 is 6.10 Å². The van der Waals surface area contributed by atoms with Gasteiger partial charge in [-0.25, -0.2) is 0 Å². The number of pyridine rings is 1. The predicted octanol–water partition coefficient (Wildman–Crippen LogP) is 2.47. The summed E-state index contributed by atoms with van der Waals surface area (Å²) in [6.07, 6.45) is 3.04. The summed E-state index contributed by atoms with van der Waals surface area (Å²) in [7, 11) is 1.63. The van der Waals surface area contributed by atoms with Crippen molar-refractivity contribution in [1.29, 1.82) is 0 Å². The van der Waals surface area contributed by atoms with Crippen molar-refractivity contribution in [3.63, 3.8) is 0 Å². The standard InChI is InChI=1S/C16H20N2O2/c1-12(14-4-3-9-17-10-14)18-11-16(19)13-5-7-15(20-2)8-6-13/h3-10,12,16,18-19H,11H2,1-2H3/t12-,16?/m1/s1. The number of hydrogen-bond donors (Lipinski definition) is 2. The number of aliphatic hydroxyl groups is 1. The summed E-state index contributed by atoms with van der Waals surface area (Å²) in [5.74, 6) is 0.789. The lowest BCUT2D eigenvalue weighted by molar-refractivity contribution is 0.170. The molecule has 0 saturated heterocycles. The molecule has 2 atom stereocenters. The number of rotatable bonds is 6. The van der Waals surface area contributed by atoms with Crippen LogP contribution in [0.15, 0.2) is 48.8 Å². The van der Waals surface area contributed by atoms with Gasteiger partial charge in [-0.1, -0.05) is 18.2 Å². The van der Waals surface area contributed by atoms with Gasteiger partial charge in [0.2, 0.25) is 0 Å². The van der Waals surface area contributed by atoms with Crippen LogP contribution in [0.4, 0.5) is 0 Å². The molecule has 20 heavy (non-hydrogen) atoms. The minimum atomic E-state index is -0.542. The third-order valence-corrected chi connectivity index (χ3v) is 3.30. The molecule has 1 aromatic heterocycles. The van der Waals surface area contributed by atoms with Gasteiger partial charge in [-0.05, 0) is 36.2 Å². The van der Waals surface area contributed by atoms with Crippen molar-refractivity contribution in [2.75, 3.05) is 13.7 Å². The van der Waals surface area contributed by atoms with Gasteiger partial charge in [0.1, 0.15) is 5.75 Å². The van der Waals surface area contributed by atoms with Crippen molar-refractivity contribution in [1.82, 2.24) is 10.3 Å². The molecular formula is C16H20N2O2. The third-order valence-electron chi connectivity index (χ3n) is 3.30. The molecule has 2 aromatic rings. The van der Waals surface area contributed by atoms with E-state index >= 15 is 0 Å². The Morgan fingerprint density at radius 2 is 1.95 bits per heavy atom. The number of nitrogens with zero attached hydrogens (tertiary/aromatic N) is 1. The molecule has 0 fully saturated rings. The lowest BCUT2D eigenvalue weighted by Gasteiger charge is -2.17. The number of benzene rings is 1. The Morgan fingerprint density at radius 1 is 1.20 bits per heavy atom. The molecule has 0 aliphatic carbocycles. The number of aliphatic hydroxyl groups excluding tert-OH is 1. The van der Waals surface area contributed by atoms with E-state index in [1.807, 2.05) is 42.6 Å². The predicted molar refractivity (Wildman–Crippen MR) is 78.6 cm³/mol. The van der Waals surface area contributed by atoms with E-state index in [9.17, 15) is 5.11 Å². The number of ether oxygens (including phenoxy) is 1. The molecule has 2 rings (SSSR count). The first-order valence-corrected chi connectivity index (χ1v) is 6.66. The number of aromatic nitrogens is 1. The summed E-state index contributed by atoms with van der Waals surface area (Å²) in [5, 5.41) is 13.5. The van der Waals surface area contributed by atoms with Crippen LogP contribution in [0.2, 0.25) is 0 Å². The van der Waals surface area contributed by atoms with Crippen LogP contribution in [-0.4, -0.2) is 23.7 Å². The van der Waals surface area contributed by atoms with Gasteiger partial charge < -0.3 is 15.2 Å². The number of nitrogens with one attached hydrogen (secondary N) is 1. The smallest absolute Gasteiger partial charge is 0.118 e. The monoisotopic (exact) mass is 272 g/mol. The lowest BCUT2D eigenvalue weighted by Crippen LogP contribution is -2.24. The molecule has 0 aliphatic rings. The van der Waals surface area contributed by atoms with Gasteiger partial charge in [0.05, 0.1) is 13.2 Å². The Balaban J connectivity index is 1.89. The Labute approximate surface area is 119 Å². The van der Waals surface area contributed by atoms with Crippen molar-refractivity contribution < 1.29 is 9.84 Å². The van der Waals surface area contributed by atoms with E-state index in [2.05, 4.69) is 17.2 Å². The van der Waals surface area contributed by atoms with Gasteiger partial charge >= 0.3 is 0 Å². The molecule has 0 amide bonds.